The molecule has 138 valence electrons. The lowest BCUT2D eigenvalue weighted by molar-refractivity contribution is -0.136. The maximum absolute atomic E-state index is 13.2. The monoisotopic (exact) mass is 344 g/mol. The number of ether oxygens (including phenoxy) is 1. The van der Waals surface area contributed by atoms with E-state index in [0.717, 1.165) is 38.8 Å². The second-order valence-corrected chi connectivity index (χ2v) is 7.78. The molecule has 0 bridgehead atoms. The van der Waals surface area contributed by atoms with Crippen molar-refractivity contribution >= 4 is 5.91 Å². The first-order chi connectivity index (χ1) is 12.2. The van der Waals surface area contributed by atoms with Crippen LogP contribution in [0.1, 0.15) is 50.5 Å². The van der Waals surface area contributed by atoms with Gasteiger partial charge in [-0.05, 0) is 43.2 Å². The minimum atomic E-state index is 0.0276. The summed E-state index contributed by atoms with van der Waals surface area (Å²) in [5.74, 6) is 0.277. The van der Waals surface area contributed by atoms with Crippen LogP contribution < -0.4 is 5.73 Å². The number of nitrogens with zero attached hydrogens (tertiary/aromatic N) is 1. The summed E-state index contributed by atoms with van der Waals surface area (Å²) in [6, 6.07) is 10.7. The molecule has 4 nitrogen and oxygen atoms in total. The Bertz CT molecular complexity index is 534. The molecule has 2 aliphatic rings. The number of nitrogens with two attached hydrogens (primary N) is 1. The van der Waals surface area contributed by atoms with Crippen LogP contribution in [0.25, 0.3) is 0 Å². The van der Waals surface area contributed by atoms with E-state index in [1.807, 2.05) is 6.07 Å². The van der Waals surface area contributed by atoms with E-state index in [0.29, 0.717) is 19.6 Å². The number of carbonyl (C=O) groups excluding carboxylic acids is 1. The van der Waals surface area contributed by atoms with Crippen LogP contribution in [0, 0.1) is 5.41 Å². The predicted octanol–water partition coefficient (Wildman–Crippen LogP) is 3.15. The van der Waals surface area contributed by atoms with Crippen molar-refractivity contribution in [3.8, 4) is 0 Å². The molecule has 25 heavy (non-hydrogen) atoms. The third-order valence-electron chi connectivity index (χ3n) is 6.02. The lowest BCUT2D eigenvalue weighted by Gasteiger charge is -2.38. The molecule has 1 aromatic carbocycles. The van der Waals surface area contributed by atoms with Crippen molar-refractivity contribution in [2.75, 3.05) is 26.3 Å². The summed E-state index contributed by atoms with van der Waals surface area (Å²) in [5, 5.41) is 0. The van der Waals surface area contributed by atoms with Gasteiger partial charge in [0, 0.05) is 19.6 Å². The Kier molecular flexibility index (Phi) is 6.49. The first-order valence-electron chi connectivity index (χ1n) is 9.84. The quantitative estimate of drug-likeness (QED) is 0.827. The summed E-state index contributed by atoms with van der Waals surface area (Å²) in [7, 11) is 0. The fourth-order valence-corrected chi connectivity index (χ4v) is 4.35. The van der Waals surface area contributed by atoms with E-state index >= 15 is 0 Å². The van der Waals surface area contributed by atoms with Crippen molar-refractivity contribution in [1.82, 2.24) is 4.90 Å². The first kappa shape index (κ1) is 18.4. The van der Waals surface area contributed by atoms with Crippen molar-refractivity contribution < 1.29 is 9.53 Å². The lowest BCUT2D eigenvalue weighted by atomic mass is 9.71. The molecule has 4 heteroatoms. The molecular formula is C21H32N2O2. The smallest absolute Gasteiger partial charge is 0.223 e. The van der Waals surface area contributed by atoms with Gasteiger partial charge >= 0.3 is 0 Å². The second kappa shape index (κ2) is 8.81. The van der Waals surface area contributed by atoms with Gasteiger partial charge in [0.05, 0.1) is 12.6 Å². The third kappa shape index (κ3) is 4.83. The Morgan fingerprint density at radius 2 is 1.96 bits per heavy atom. The van der Waals surface area contributed by atoms with Crippen LogP contribution in [-0.2, 0) is 16.0 Å². The molecule has 3 rings (SSSR count). The van der Waals surface area contributed by atoms with Crippen LogP contribution >= 0.6 is 0 Å². The summed E-state index contributed by atoms with van der Waals surface area (Å²) >= 11 is 0. The van der Waals surface area contributed by atoms with Gasteiger partial charge in [0.2, 0.25) is 5.91 Å². The molecule has 2 fully saturated rings. The maximum atomic E-state index is 13.2. The molecule has 1 amide bonds. The highest BCUT2D eigenvalue weighted by Gasteiger charge is 2.36. The first-order valence-corrected chi connectivity index (χ1v) is 9.84. The molecular weight excluding hydrogens is 312 g/mol. The van der Waals surface area contributed by atoms with E-state index in [9.17, 15) is 4.79 Å². The molecule has 0 spiro atoms. The van der Waals surface area contributed by atoms with Gasteiger partial charge in [0.25, 0.3) is 0 Å². The second-order valence-electron chi connectivity index (χ2n) is 7.78. The number of amides is 1. The van der Waals surface area contributed by atoms with Gasteiger partial charge in [0.1, 0.15) is 0 Å². The Balaban J connectivity index is 1.66. The van der Waals surface area contributed by atoms with E-state index in [2.05, 4.69) is 29.2 Å². The fourth-order valence-electron chi connectivity index (χ4n) is 4.35. The Morgan fingerprint density at radius 1 is 1.20 bits per heavy atom. The number of hydrogen-bond donors (Lipinski definition) is 1. The van der Waals surface area contributed by atoms with E-state index < -0.39 is 0 Å². The number of benzene rings is 1. The molecule has 1 aliphatic carbocycles. The average Bonchev–Trinajstić information content (AvgIpc) is 3.18. The minimum Gasteiger partial charge on any atom is -0.379 e. The molecule has 1 aliphatic heterocycles. The number of hydrogen-bond acceptors (Lipinski definition) is 3. The van der Waals surface area contributed by atoms with Crippen molar-refractivity contribution in [2.45, 2.75) is 57.4 Å². The van der Waals surface area contributed by atoms with Gasteiger partial charge in [-0.2, -0.15) is 0 Å². The van der Waals surface area contributed by atoms with Gasteiger partial charge in [-0.1, -0.05) is 49.6 Å². The van der Waals surface area contributed by atoms with E-state index in [1.54, 1.807) is 0 Å². The van der Waals surface area contributed by atoms with Gasteiger partial charge in [0.15, 0.2) is 0 Å². The molecule has 1 saturated heterocycles. The SMILES string of the molecule is NCC1(CC(=O)N(CCc2ccccc2)C2CCOC2)CCCCC1. The van der Waals surface area contributed by atoms with E-state index in [1.165, 1.54) is 24.8 Å². The Morgan fingerprint density at radius 3 is 2.60 bits per heavy atom. The van der Waals surface area contributed by atoms with Crippen LogP contribution in [0.2, 0.25) is 0 Å². The molecule has 1 saturated carbocycles. The Hall–Kier alpha value is -1.39. The standard InChI is InChI=1S/C21H32N2O2/c22-17-21(11-5-2-6-12-21)15-20(24)23(19-10-14-25-16-19)13-9-18-7-3-1-4-8-18/h1,3-4,7-8,19H,2,5-6,9-17,22H2. The van der Waals surface area contributed by atoms with Crippen LogP contribution in [0.5, 0.6) is 0 Å². The molecule has 0 aromatic heterocycles. The van der Waals surface area contributed by atoms with Crippen molar-refractivity contribution in [3.05, 3.63) is 35.9 Å². The van der Waals surface area contributed by atoms with Crippen LogP contribution in [0.15, 0.2) is 30.3 Å². The predicted molar refractivity (Wildman–Crippen MR) is 100 cm³/mol. The van der Waals surface area contributed by atoms with Crippen molar-refractivity contribution in [2.24, 2.45) is 11.1 Å². The van der Waals surface area contributed by atoms with Crippen LogP contribution in [0.3, 0.4) is 0 Å². The summed E-state index contributed by atoms with van der Waals surface area (Å²) < 4.78 is 5.56. The highest BCUT2D eigenvalue weighted by molar-refractivity contribution is 5.77. The van der Waals surface area contributed by atoms with Crippen LogP contribution in [-0.4, -0.2) is 43.2 Å². The number of rotatable bonds is 7. The lowest BCUT2D eigenvalue weighted by Crippen LogP contribution is -2.46. The molecule has 1 unspecified atom stereocenters. The maximum Gasteiger partial charge on any atom is 0.223 e. The summed E-state index contributed by atoms with van der Waals surface area (Å²) in [6.45, 7) is 2.85. The van der Waals surface area contributed by atoms with Crippen LogP contribution in [0.4, 0.5) is 0 Å². The molecule has 2 N–H and O–H groups in total. The fraction of sp³-hybridized carbons (Fsp3) is 0.667. The average molecular weight is 344 g/mol. The van der Waals surface area contributed by atoms with Gasteiger partial charge < -0.3 is 15.4 Å². The van der Waals surface area contributed by atoms with Crippen molar-refractivity contribution in [1.29, 1.82) is 0 Å². The third-order valence-corrected chi connectivity index (χ3v) is 6.02. The van der Waals surface area contributed by atoms with Crippen molar-refractivity contribution in [3.63, 3.8) is 0 Å². The van der Waals surface area contributed by atoms with Gasteiger partial charge in [-0.25, -0.2) is 0 Å². The molecule has 1 heterocycles. The summed E-state index contributed by atoms with van der Waals surface area (Å²) in [6.07, 6.45) is 8.36. The highest BCUT2D eigenvalue weighted by Crippen LogP contribution is 2.39. The zero-order valence-electron chi connectivity index (χ0n) is 15.3. The minimum absolute atomic E-state index is 0.0276. The largest absolute Gasteiger partial charge is 0.379 e. The molecule has 1 aromatic rings. The highest BCUT2D eigenvalue weighted by atomic mass is 16.5. The zero-order chi connectivity index (χ0) is 17.5. The van der Waals surface area contributed by atoms with Gasteiger partial charge in [-0.15, -0.1) is 0 Å². The summed E-state index contributed by atoms with van der Waals surface area (Å²) in [5.41, 5.74) is 7.42. The Labute approximate surface area is 151 Å². The van der Waals surface area contributed by atoms with E-state index in [-0.39, 0.29) is 17.4 Å². The topological polar surface area (TPSA) is 55.6 Å². The normalized spacial score (nSPS) is 22.7. The molecule has 1 atom stereocenters. The number of carbonyl (C=O) groups is 1. The van der Waals surface area contributed by atoms with E-state index in [4.69, 9.17) is 10.5 Å². The summed E-state index contributed by atoms with van der Waals surface area (Å²) in [4.78, 5) is 15.3. The zero-order valence-corrected chi connectivity index (χ0v) is 15.3. The molecule has 0 radical (unpaired) electrons. The van der Waals surface area contributed by atoms with Gasteiger partial charge in [-0.3, -0.25) is 4.79 Å².